The number of cyclic esters (lactones) is 1. The number of anilines is 1. The van der Waals surface area contributed by atoms with Gasteiger partial charge in [0, 0.05) is 0 Å². The van der Waals surface area contributed by atoms with Crippen molar-refractivity contribution in [3.63, 3.8) is 0 Å². The minimum absolute atomic E-state index is 0.00118. The van der Waals surface area contributed by atoms with Crippen molar-refractivity contribution in [2.24, 2.45) is 0 Å². The van der Waals surface area contributed by atoms with Crippen molar-refractivity contribution in [1.29, 1.82) is 5.26 Å². The van der Waals surface area contributed by atoms with Crippen LogP contribution in [0.1, 0.15) is 22.3 Å². The number of ether oxygens (including phenoxy) is 4. The van der Waals surface area contributed by atoms with E-state index in [1.807, 2.05) is 0 Å². The zero-order chi connectivity index (χ0) is 16.3. The second-order valence-corrected chi connectivity index (χ2v) is 4.29. The molecule has 0 bridgehead atoms. The van der Waals surface area contributed by atoms with Gasteiger partial charge in [0.1, 0.15) is 18.7 Å². The van der Waals surface area contributed by atoms with Crippen molar-refractivity contribution in [3.05, 3.63) is 11.1 Å². The molecule has 1 aromatic carbocycles. The van der Waals surface area contributed by atoms with Gasteiger partial charge < -0.3 is 24.3 Å². The fraction of sp³-hybridized carbons (Fsp3) is 0.357. The predicted octanol–water partition coefficient (Wildman–Crippen LogP) is 1.23. The third-order valence-corrected chi connectivity index (χ3v) is 3.13. The Hall–Kier alpha value is -2.95. The van der Waals surface area contributed by atoms with Crippen molar-refractivity contribution in [2.75, 3.05) is 26.6 Å². The smallest absolute Gasteiger partial charge is 0.341 e. The number of rotatable bonds is 5. The number of esters is 1. The van der Waals surface area contributed by atoms with Crippen molar-refractivity contribution < 1.29 is 28.5 Å². The Kier molecular flexibility index (Phi) is 4.36. The lowest BCUT2D eigenvalue weighted by molar-refractivity contribution is -0.115. The first-order valence-electron chi connectivity index (χ1n) is 6.27. The van der Waals surface area contributed by atoms with Crippen molar-refractivity contribution in [3.8, 4) is 23.3 Å². The fourth-order valence-electron chi connectivity index (χ4n) is 2.28. The van der Waals surface area contributed by atoms with E-state index < -0.39 is 11.9 Å². The van der Waals surface area contributed by atoms with Crippen LogP contribution in [-0.4, -0.2) is 33.2 Å². The summed E-state index contributed by atoms with van der Waals surface area (Å²) in [5.74, 6) is -0.521. The molecule has 0 aromatic heterocycles. The SMILES string of the molecule is COc1c2c(c(NC(=O)CC#N)c(OC)c1OC)C(=O)OC2. The number of amides is 1. The lowest BCUT2D eigenvalue weighted by Crippen LogP contribution is -2.15. The monoisotopic (exact) mass is 306 g/mol. The second-order valence-electron chi connectivity index (χ2n) is 4.29. The van der Waals surface area contributed by atoms with Crippen LogP contribution in [0.2, 0.25) is 0 Å². The molecule has 0 saturated carbocycles. The van der Waals surface area contributed by atoms with E-state index in [1.54, 1.807) is 6.07 Å². The van der Waals surface area contributed by atoms with E-state index in [0.717, 1.165) is 0 Å². The van der Waals surface area contributed by atoms with Gasteiger partial charge in [-0.05, 0) is 0 Å². The van der Waals surface area contributed by atoms with E-state index >= 15 is 0 Å². The van der Waals surface area contributed by atoms with Crippen molar-refractivity contribution >= 4 is 17.6 Å². The Morgan fingerprint density at radius 1 is 1.23 bits per heavy atom. The van der Waals surface area contributed by atoms with E-state index in [9.17, 15) is 9.59 Å². The predicted molar refractivity (Wildman–Crippen MR) is 74.1 cm³/mol. The third kappa shape index (κ3) is 2.37. The summed E-state index contributed by atoms with van der Waals surface area (Å²) in [6.45, 7) is -0.00118. The van der Waals surface area contributed by atoms with Crippen LogP contribution in [0.4, 0.5) is 5.69 Å². The highest BCUT2D eigenvalue weighted by Gasteiger charge is 2.35. The molecule has 1 amide bonds. The number of benzene rings is 1. The van der Waals surface area contributed by atoms with Crippen LogP contribution in [0.25, 0.3) is 0 Å². The van der Waals surface area contributed by atoms with Gasteiger partial charge in [0.25, 0.3) is 0 Å². The van der Waals surface area contributed by atoms with Gasteiger partial charge in [0.2, 0.25) is 11.7 Å². The third-order valence-electron chi connectivity index (χ3n) is 3.13. The summed E-state index contributed by atoms with van der Waals surface area (Å²) in [7, 11) is 4.20. The molecule has 0 radical (unpaired) electrons. The summed E-state index contributed by atoms with van der Waals surface area (Å²) in [5, 5.41) is 11.1. The lowest BCUT2D eigenvalue weighted by Gasteiger charge is -2.19. The van der Waals surface area contributed by atoms with Gasteiger partial charge in [-0.3, -0.25) is 4.79 Å². The van der Waals surface area contributed by atoms with Gasteiger partial charge in [0.15, 0.2) is 11.5 Å². The number of carbonyl (C=O) groups is 2. The van der Waals surface area contributed by atoms with Crippen molar-refractivity contribution in [2.45, 2.75) is 13.0 Å². The zero-order valence-corrected chi connectivity index (χ0v) is 12.3. The molecule has 0 aliphatic carbocycles. The summed E-state index contributed by atoms with van der Waals surface area (Å²) in [5.41, 5.74) is 0.705. The number of hydrogen-bond donors (Lipinski definition) is 1. The highest BCUT2D eigenvalue weighted by atomic mass is 16.5. The molecule has 0 spiro atoms. The second kappa shape index (κ2) is 6.22. The van der Waals surface area contributed by atoms with Crippen LogP contribution in [0.15, 0.2) is 0 Å². The molecule has 116 valence electrons. The summed E-state index contributed by atoms with van der Waals surface area (Å²) in [4.78, 5) is 23.7. The summed E-state index contributed by atoms with van der Waals surface area (Å²) in [6.07, 6.45) is -0.360. The van der Waals surface area contributed by atoms with Gasteiger partial charge in [-0.2, -0.15) is 5.26 Å². The maximum Gasteiger partial charge on any atom is 0.341 e. The topological polar surface area (TPSA) is 107 Å². The Balaban J connectivity index is 2.70. The summed E-state index contributed by atoms with van der Waals surface area (Å²) < 4.78 is 20.8. The number of methoxy groups -OCH3 is 3. The number of nitrogens with one attached hydrogen (secondary N) is 1. The zero-order valence-electron chi connectivity index (χ0n) is 12.3. The van der Waals surface area contributed by atoms with Crippen LogP contribution < -0.4 is 19.5 Å². The lowest BCUT2D eigenvalue weighted by atomic mass is 10.0. The number of nitriles is 1. The first kappa shape index (κ1) is 15.4. The molecule has 1 aliphatic heterocycles. The average molecular weight is 306 g/mol. The molecule has 0 saturated heterocycles. The molecular formula is C14H14N2O6. The number of nitrogens with zero attached hydrogens (tertiary/aromatic N) is 1. The first-order valence-corrected chi connectivity index (χ1v) is 6.27. The molecule has 8 nitrogen and oxygen atoms in total. The molecule has 1 N–H and O–H groups in total. The Morgan fingerprint density at radius 3 is 2.41 bits per heavy atom. The Bertz CT molecular complexity index is 677. The average Bonchev–Trinajstić information content (AvgIpc) is 2.88. The normalized spacial score (nSPS) is 12.0. The van der Waals surface area contributed by atoms with E-state index in [-0.39, 0.29) is 35.8 Å². The van der Waals surface area contributed by atoms with E-state index in [4.69, 9.17) is 24.2 Å². The number of carbonyl (C=O) groups excluding carboxylic acids is 2. The highest BCUT2D eigenvalue weighted by Crippen LogP contribution is 2.50. The first-order chi connectivity index (χ1) is 10.6. The van der Waals surface area contributed by atoms with E-state index in [1.165, 1.54) is 21.3 Å². The molecule has 1 heterocycles. The Labute approximate surface area is 126 Å². The molecule has 0 fully saturated rings. The van der Waals surface area contributed by atoms with Gasteiger partial charge in [0.05, 0.1) is 38.5 Å². The van der Waals surface area contributed by atoms with Gasteiger partial charge >= 0.3 is 5.97 Å². The van der Waals surface area contributed by atoms with E-state index in [2.05, 4.69) is 5.32 Å². The number of hydrogen-bond acceptors (Lipinski definition) is 7. The van der Waals surface area contributed by atoms with Gasteiger partial charge in [-0.25, -0.2) is 4.79 Å². The van der Waals surface area contributed by atoms with Crippen molar-refractivity contribution in [1.82, 2.24) is 0 Å². The molecule has 2 rings (SSSR count). The highest BCUT2D eigenvalue weighted by molar-refractivity contribution is 6.07. The molecule has 0 atom stereocenters. The molecule has 8 heteroatoms. The van der Waals surface area contributed by atoms with E-state index in [0.29, 0.717) is 11.3 Å². The molecule has 1 aliphatic rings. The minimum atomic E-state index is -0.610. The standard InChI is InChI=1S/C14H14N2O6/c1-19-11-7-6-22-14(18)9(7)10(16-8(17)4-5-15)12(20-2)13(11)21-3/h4,6H2,1-3H3,(H,16,17). The van der Waals surface area contributed by atoms with Crippen LogP contribution in [0, 0.1) is 11.3 Å². The molecule has 22 heavy (non-hydrogen) atoms. The molecule has 0 unspecified atom stereocenters. The van der Waals surface area contributed by atoms with Gasteiger partial charge in [-0.1, -0.05) is 0 Å². The summed E-state index contributed by atoms with van der Waals surface area (Å²) in [6, 6.07) is 1.73. The number of fused-ring (bicyclic) bond motifs is 1. The van der Waals surface area contributed by atoms with Crippen LogP contribution in [-0.2, 0) is 16.1 Å². The van der Waals surface area contributed by atoms with Crippen LogP contribution in [0.3, 0.4) is 0 Å². The quantitative estimate of drug-likeness (QED) is 0.815. The largest absolute Gasteiger partial charge is 0.492 e. The Morgan fingerprint density at radius 2 is 1.86 bits per heavy atom. The van der Waals surface area contributed by atoms with Crippen LogP contribution >= 0.6 is 0 Å². The maximum atomic E-state index is 12.0. The molecular weight excluding hydrogens is 292 g/mol. The maximum absolute atomic E-state index is 12.0. The minimum Gasteiger partial charge on any atom is -0.492 e. The molecule has 1 aromatic rings. The van der Waals surface area contributed by atoms with Gasteiger partial charge in [-0.15, -0.1) is 0 Å². The fourth-order valence-corrected chi connectivity index (χ4v) is 2.28. The summed E-state index contributed by atoms with van der Waals surface area (Å²) >= 11 is 0. The van der Waals surface area contributed by atoms with Crippen LogP contribution in [0.5, 0.6) is 17.2 Å².